The summed E-state index contributed by atoms with van der Waals surface area (Å²) in [7, 11) is 0. The molecule has 1 rings (SSSR count). The lowest BCUT2D eigenvalue weighted by Crippen LogP contribution is -2.17. The van der Waals surface area contributed by atoms with Crippen molar-refractivity contribution in [1.82, 2.24) is 4.72 Å². The molecular formula is C11H18N2O2S. The molecule has 0 radical (unpaired) electrons. The zero-order valence-corrected chi connectivity index (χ0v) is 10.4. The number of nitrogens with one attached hydrogen (secondary N) is 1. The summed E-state index contributed by atoms with van der Waals surface area (Å²) in [6, 6.07) is 5.99. The van der Waals surface area contributed by atoms with Crippen molar-refractivity contribution in [1.29, 1.82) is 0 Å². The maximum absolute atomic E-state index is 10.5. The highest BCUT2D eigenvalue weighted by Crippen LogP contribution is 2.17. The van der Waals surface area contributed by atoms with Crippen molar-refractivity contribution >= 4 is 11.3 Å². The second-order valence-corrected chi connectivity index (χ2v) is 4.53. The molecule has 4 nitrogen and oxygen atoms in total. The van der Waals surface area contributed by atoms with Crippen LogP contribution in [-0.2, 0) is 24.2 Å². The van der Waals surface area contributed by atoms with E-state index in [1.807, 2.05) is 19.1 Å². The number of nitrogens with two attached hydrogens (primary N) is 1. The monoisotopic (exact) mass is 242 g/mol. The minimum absolute atomic E-state index is 0.0132. The maximum Gasteiger partial charge on any atom is 0.232 e. The smallest absolute Gasteiger partial charge is 0.232 e. The van der Waals surface area contributed by atoms with Crippen LogP contribution in [0.4, 0.5) is 0 Å². The normalized spacial score (nSPS) is 14.8. The fourth-order valence-electron chi connectivity index (χ4n) is 1.57. The van der Waals surface area contributed by atoms with Crippen LogP contribution in [0, 0.1) is 0 Å². The summed E-state index contributed by atoms with van der Waals surface area (Å²) in [5.74, 6) is 0. The summed E-state index contributed by atoms with van der Waals surface area (Å²) in [4.78, 5) is 0. The van der Waals surface area contributed by atoms with Gasteiger partial charge in [-0.2, -0.15) is 0 Å². The molecule has 2 atom stereocenters. The van der Waals surface area contributed by atoms with E-state index in [2.05, 4.69) is 17.7 Å². The van der Waals surface area contributed by atoms with Crippen molar-refractivity contribution in [2.45, 2.75) is 32.9 Å². The lowest BCUT2D eigenvalue weighted by Gasteiger charge is -2.12. The molecule has 1 aromatic rings. The van der Waals surface area contributed by atoms with Crippen LogP contribution in [0.15, 0.2) is 18.2 Å². The topological polar surface area (TPSA) is 75.3 Å². The van der Waals surface area contributed by atoms with Crippen molar-refractivity contribution in [3.63, 3.8) is 0 Å². The Morgan fingerprint density at radius 1 is 1.50 bits per heavy atom. The van der Waals surface area contributed by atoms with E-state index in [1.54, 1.807) is 0 Å². The highest BCUT2D eigenvalue weighted by molar-refractivity contribution is 7.77. The molecule has 4 N–H and O–H groups in total. The van der Waals surface area contributed by atoms with Gasteiger partial charge in [-0.15, -0.1) is 0 Å². The largest absolute Gasteiger partial charge is 0.324 e. The summed E-state index contributed by atoms with van der Waals surface area (Å²) in [5, 5.41) is 0. The second kappa shape index (κ2) is 6.10. The predicted molar refractivity (Wildman–Crippen MR) is 66.0 cm³/mol. The molecule has 0 aliphatic rings. The van der Waals surface area contributed by atoms with E-state index in [4.69, 9.17) is 10.3 Å². The lowest BCUT2D eigenvalue weighted by molar-refractivity contribution is 0.548. The molecule has 90 valence electrons. The van der Waals surface area contributed by atoms with Gasteiger partial charge in [0.25, 0.3) is 0 Å². The Kier molecular flexibility index (Phi) is 5.08. The van der Waals surface area contributed by atoms with Gasteiger partial charge in [0.05, 0.1) is 0 Å². The van der Waals surface area contributed by atoms with Gasteiger partial charge in [0.15, 0.2) is 0 Å². The number of hydrogen-bond donors (Lipinski definition) is 3. The molecule has 0 aliphatic carbocycles. The molecule has 5 heteroatoms. The minimum Gasteiger partial charge on any atom is -0.324 e. The highest BCUT2D eigenvalue weighted by Gasteiger charge is 2.05. The number of benzene rings is 1. The van der Waals surface area contributed by atoms with Gasteiger partial charge < -0.3 is 5.73 Å². The van der Waals surface area contributed by atoms with Gasteiger partial charge in [-0.25, -0.2) is 8.93 Å². The van der Waals surface area contributed by atoms with Crippen LogP contribution < -0.4 is 10.5 Å². The molecule has 1 unspecified atom stereocenters. The predicted octanol–water partition coefficient (Wildman–Crippen LogP) is 1.50. The summed E-state index contributed by atoms with van der Waals surface area (Å²) in [5.41, 5.74) is 9.09. The number of rotatable bonds is 5. The van der Waals surface area contributed by atoms with Crippen LogP contribution in [0.3, 0.4) is 0 Å². The van der Waals surface area contributed by atoms with Gasteiger partial charge in [-0.1, -0.05) is 25.1 Å². The Hall–Kier alpha value is -0.750. The van der Waals surface area contributed by atoms with Crippen molar-refractivity contribution in [2.75, 3.05) is 0 Å². The van der Waals surface area contributed by atoms with Gasteiger partial charge in [0.2, 0.25) is 11.3 Å². The maximum atomic E-state index is 10.5. The second-order valence-electron chi connectivity index (χ2n) is 3.74. The SMILES string of the molecule is CCc1cc([C@@H](C)N)ccc1CNS(=O)O. The van der Waals surface area contributed by atoms with Gasteiger partial charge in [0.1, 0.15) is 0 Å². The number of hydrogen-bond acceptors (Lipinski definition) is 2. The van der Waals surface area contributed by atoms with Gasteiger partial charge >= 0.3 is 0 Å². The van der Waals surface area contributed by atoms with Gasteiger partial charge in [-0.3, -0.25) is 4.55 Å². The van der Waals surface area contributed by atoms with Crippen LogP contribution in [0.5, 0.6) is 0 Å². The van der Waals surface area contributed by atoms with E-state index in [1.165, 1.54) is 0 Å². The summed E-state index contributed by atoms with van der Waals surface area (Å²) < 4.78 is 21.7. The van der Waals surface area contributed by atoms with E-state index in [-0.39, 0.29) is 6.04 Å². The molecule has 0 fully saturated rings. The summed E-state index contributed by atoms with van der Waals surface area (Å²) in [6.07, 6.45) is 0.885. The molecule has 16 heavy (non-hydrogen) atoms. The van der Waals surface area contributed by atoms with E-state index in [0.29, 0.717) is 6.54 Å². The van der Waals surface area contributed by atoms with Gasteiger partial charge in [-0.05, 0) is 30.0 Å². The van der Waals surface area contributed by atoms with Crippen LogP contribution in [0.25, 0.3) is 0 Å². The average Bonchev–Trinajstić information content (AvgIpc) is 2.25. The van der Waals surface area contributed by atoms with Crippen LogP contribution in [-0.4, -0.2) is 8.76 Å². The Morgan fingerprint density at radius 2 is 2.19 bits per heavy atom. The molecule has 1 aromatic carbocycles. The summed E-state index contributed by atoms with van der Waals surface area (Å²) >= 11 is -1.97. The first kappa shape index (κ1) is 13.3. The first-order valence-electron chi connectivity index (χ1n) is 5.26. The van der Waals surface area contributed by atoms with Crippen molar-refractivity contribution in [3.8, 4) is 0 Å². The molecular weight excluding hydrogens is 224 g/mol. The van der Waals surface area contributed by atoms with E-state index in [9.17, 15) is 4.21 Å². The quantitative estimate of drug-likeness (QED) is 0.685. The third-order valence-electron chi connectivity index (χ3n) is 2.52. The zero-order valence-electron chi connectivity index (χ0n) is 9.56. The highest BCUT2D eigenvalue weighted by atomic mass is 32.2. The summed E-state index contributed by atoms with van der Waals surface area (Å²) in [6.45, 7) is 4.39. The van der Waals surface area contributed by atoms with E-state index in [0.717, 1.165) is 23.1 Å². The Labute approximate surface area is 98.7 Å². The van der Waals surface area contributed by atoms with Crippen molar-refractivity contribution < 1.29 is 8.76 Å². The molecule has 0 aliphatic heterocycles. The molecule has 0 spiro atoms. The number of aryl methyl sites for hydroxylation is 1. The van der Waals surface area contributed by atoms with Crippen LogP contribution in [0.2, 0.25) is 0 Å². The van der Waals surface area contributed by atoms with E-state index >= 15 is 0 Å². The van der Waals surface area contributed by atoms with Crippen molar-refractivity contribution in [2.24, 2.45) is 5.73 Å². The molecule has 0 saturated carbocycles. The third kappa shape index (κ3) is 3.68. The first-order valence-corrected chi connectivity index (χ1v) is 6.37. The minimum atomic E-state index is -1.97. The third-order valence-corrected chi connectivity index (χ3v) is 2.91. The average molecular weight is 242 g/mol. The standard InChI is InChI=1S/C11H18N2O2S/c1-3-9-6-10(8(2)12)4-5-11(9)7-13-16(14)15/h4-6,8,13H,3,7,12H2,1-2H3,(H,14,15)/t8-/m1/s1. The Morgan fingerprint density at radius 3 is 2.69 bits per heavy atom. The van der Waals surface area contributed by atoms with Crippen LogP contribution in [0.1, 0.15) is 36.6 Å². The zero-order chi connectivity index (χ0) is 12.1. The molecule has 0 amide bonds. The lowest BCUT2D eigenvalue weighted by atomic mass is 9.99. The van der Waals surface area contributed by atoms with Crippen LogP contribution >= 0.6 is 0 Å². The molecule has 0 saturated heterocycles. The Balaban J connectivity index is 2.88. The van der Waals surface area contributed by atoms with Gasteiger partial charge in [0, 0.05) is 12.6 Å². The fourth-order valence-corrected chi connectivity index (χ4v) is 1.85. The Bertz CT molecular complexity index is 380. The van der Waals surface area contributed by atoms with Crippen molar-refractivity contribution in [3.05, 3.63) is 34.9 Å². The first-order chi connectivity index (χ1) is 7.54. The van der Waals surface area contributed by atoms with E-state index < -0.39 is 11.3 Å². The molecule has 0 heterocycles. The molecule has 0 aromatic heterocycles. The molecule has 0 bridgehead atoms. The fraction of sp³-hybridized carbons (Fsp3) is 0.455.